The second kappa shape index (κ2) is 5.92. The van der Waals surface area contributed by atoms with Crippen LogP contribution < -0.4 is 4.74 Å². The number of nitrogens with zero attached hydrogens (tertiary/aromatic N) is 3. The minimum Gasteiger partial charge on any atom is -0.497 e. The van der Waals surface area contributed by atoms with E-state index in [2.05, 4.69) is 10.1 Å². The Morgan fingerprint density at radius 2 is 2.00 bits per heavy atom. The molecular formula is C18H16ClN3O2. The van der Waals surface area contributed by atoms with Gasteiger partial charge in [0.2, 0.25) is 0 Å². The van der Waals surface area contributed by atoms with Crippen LogP contribution in [-0.2, 0) is 16.9 Å². The number of hydrogen-bond donors (Lipinski definition) is 0. The molecule has 0 aliphatic carbocycles. The quantitative estimate of drug-likeness (QED) is 0.665. The van der Waals surface area contributed by atoms with E-state index in [1.165, 1.54) is 6.33 Å². The Kier molecular flexibility index (Phi) is 3.75. The van der Waals surface area contributed by atoms with Crippen molar-refractivity contribution in [3.8, 4) is 5.75 Å². The van der Waals surface area contributed by atoms with Gasteiger partial charge in [-0.25, -0.2) is 9.67 Å². The zero-order valence-corrected chi connectivity index (χ0v) is 13.8. The first-order valence-corrected chi connectivity index (χ1v) is 8.00. The van der Waals surface area contributed by atoms with E-state index >= 15 is 0 Å². The van der Waals surface area contributed by atoms with Gasteiger partial charge in [0.1, 0.15) is 30.1 Å². The van der Waals surface area contributed by atoms with Crippen molar-refractivity contribution < 1.29 is 9.47 Å². The fraction of sp³-hybridized carbons (Fsp3) is 0.222. The van der Waals surface area contributed by atoms with E-state index in [1.54, 1.807) is 18.1 Å². The third kappa shape index (κ3) is 2.56. The zero-order chi connectivity index (χ0) is 16.6. The highest BCUT2D eigenvalue weighted by atomic mass is 35.5. The van der Waals surface area contributed by atoms with E-state index in [1.807, 2.05) is 48.5 Å². The van der Waals surface area contributed by atoms with Gasteiger partial charge < -0.3 is 9.47 Å². The van der Waals surface area contributed by atoms with E-state index in [0.717, 1.165) is 16.9 Å². The highest BCUT2D eigenvalue weighted by molar-refractivity contribution is 6.31. The fourth-order valence-electron chi connectivity index (χ4n) is 3.04. The molecule has 0 saturated carbocycles. The van der Waals surface area contributed by atoms with Crippen LogP contribution in [0.3, 0.4) is 0 Å². The van der Waals surface area contributed by atoms with Crippen LogP contribution in [0.5, 0.6) is 5.75 Å². The van der Waals surface area contributed by atoms with E-state index in [0.29, 0.717) is 11.6 Å². The molecule has 0 amide bonds. The highest BCUT2D eigenvalue weighted by Crippen LogP contribution is 2.59. The summed E-state index contributed by atoms with van der Waals surface area (Å²) < 4.78 is 13.2. The number of epoxide rings is 1. The summed E-state index contributed by atoms with van der Waals surface area (Å²) >= 11 is 6.37. The topological polar surface area (TPSA) is 52.5 Å². The number of methoxy groups -OCH3 is 1. The predicted octanol–water partition coefficient (Wildman–Crippen LogP) is 3.61. The Morgan fingerprint density at radius 1 is 1.21 bits per heavy atom. The summed E-state index contributed by atoms with van der Waals surface area (Å²) in [4.78, 5) is 4.02. The number of ether oxygens (including phenoxy) is 2. The maximum Gasteiger partial charge on any atom is 0.144 e. The van der Waals surface area contributed by atoms with Crippen molar-refractivity contribution in [1.29, 1.82) is 0 Å². The van der Waals surface area contributed by atoms with Crippen molar-refractivity contribution in [2.75, 3.05) is 7.11 Å². The van der Waals surface area contributed by atoms with E-state index in [-0.39, 0.29) is 6.10 Å². The van der Waals surface area contributed by atoms with Crippen LogP contribution in [0.2, 0.25) is 5.02 Å². The van der Waals surface area contributed by atoms with E-state index in [9.17, 15) is 0 Å². The molecule has 6 heteroatoms. The van der Waals surface area contributed by atoms with Crippen molar-refractivity contribution >= 4 is 11.6 Å². The Morgan fingerprint density at radius 3 is 2.67 bits per heavy atom. The van der Waals surface area contributed by atoms with Gasteiger partial charge in [0.25, 0.3) is 0 Å². The fourth-order valence-corrected chi connectivity index (χ4v) is 3.27. The summed E-state index contributed by atoms with van der Waals surface area (Å²) in [5.74, 6) is 0.810. The van der Waals surface area contributed by atoms with Gasteiger partial charge in [-0.3, -0.25) is 0 Å². The van der Waals surface area contributed by atoms with Crippen LogP contribution in [0, 0.1) is 0 Å². The van der Waals surface area contributed by atoms with Gasteiger partial charge in [0, 0.05) is 10.6 Å². The van der Waals surface area contributed by atoms with Gasteiger partial charge in [-0.2, -0.15) is 5.10 Å². The Labute approximate surface area is 144 Å². The summed E-state index contributed by atoms with van der Waals surface area (Å²) in [7, 11) is 1.65. The number of rotatable bonds is 5. The molecular weight excluding hydrogens is 326 g/mol. The summed E-state index contributed by atoms with van der Waals surface area (Å²) in [6.45, 7) is 0.565. The molecule has 2 unspecified atom stereocenters. The molecule has 5 nitrogen and oxygen atoms in total. The molecule has 0 bridgehead atoms. The normalized spacial score (nSPS) is 22.3. The lowest BCUT2D eigenvalue weighted by atomic mass is 9.91. The number of aromatic nitrogens is 3. The summed E-state index contributed by atoms with van der Waals surface area (Å²) in [6, 6.07) is 15.7. The monoisotopic (exact) mass is 341 g/mol. The van der Waals surface area contributed by atoms with Gasteiger partial charge in [-0.15, -0.1) is 0 Å². The molecule has 122 valence electrons. The first-order valence-electron chi connectivity index (χ1n) is 7.62. The second-order valence-corrected chi connectivity index (χ2v) is 6.14. The maximum atomic E-state index is 6.37. The molecule has 1 saturated heterocycles. The minimum absolute atomic E-state index is 0.121. The molecule has 1 aliphatic rings. The third-order valence-corrected chi connectivity index (χ3v) is 4.67. The predicted molar refractivity (Wildman–Crippen MR) is 90.0 cm³/mol. The molecule has 2 heterocycles. The lowest BCUT2D eigenvalue weighted by Crippen LogP contribution is -2.19. The number of halogens is 1. The molecule has 0 N–H and O–H groups in total. The number of hydrogen-bond acceptors (Lipinski definition) is 4. The largest absolute Gasteiger partial charge is 0.497 e. The summed E-state index contributed by atoms with van der Waals surface area (Å²) in [6.07, 6.45) is 3.09. The van der Waals surface area contributed by atoms with Crippen molar-refractivity contribution in [2.24, 2.45) is 0 Å². The smallest absolute Gasteiger partial charge is 0.144 e. The molecule has 0 spiro atoms. The standard InChI is InChI=1S/C18H16ClN3O2/c1-23-14-8-6-13(7-9-14)18(10-22-12-20-11-21-22)17(24-18)15-4-2-3-5-16(15)19/h2-9,11-12,17H,10H2,1H3. The molecule has 1 fully saturated rings. The van der Waals surface area contributed by atoms with Crippen LogP contribution in [-0.4, -0.2) is 21.9 Å². The minimum atomic E-state index is -0.509. The van der Waals surface area contributed by atoms with Crippen LogP contribution in [0.15, 0.2) is 61.2 Å². The molecule has 0 radical (unpaired) electrons. The molecule has 1 aromatic heterocycles. The van der Waals surface area contributed by atoms with Gasteiger partial charge in [-0.1, -0.05) is 41.9 Å². The Hall–Kier alpha value is -2.37. The van der Waals surface area contributed by atoms with Gasteiger partial charge in [0.05, 0.1) is 13.7 Å². The first-order chi connectivity index (χ1) is 11.7. The van der Waals surface area contributed by atoms with E-state index < -0.39 is 5.60 Å². The van der Waals surface area contributed by atoms with Crippen LogP contribution in [0.1, 0.15) is 17.2 Å². The SMILES string of the molecule is COc1ccc(C2(Cn3cncn3)OC2c2ccccc2Cl)cc1. The molecule has 2 aromatic carbocycles. The highest BCUT2D eigenvalue weighted by Gasteiger charge is 2.59. The summed E-state index contributed by atoms with van der Waals surface area (Å²) in [5.41, 5.74) is 1.53. The lowest BCUT2D eigenvalue weighted by molar-refractivity contribution is 0.262. The van der Waals surface area contributed by atoms with Gasteiger partial charge >= 0.3 is 0 Å². The molecule has 24 heavy (non-hydrogen) atoms. The summed E-state index contributed by atoms with van der Waals surface area (Å²) in [5, 5.41) is 4.92. The van der Waals surface area contributed by atoms with Crippen LogP contribution in [0.4, 0.5) is 0 Å². The van der Waals surface area contributed by atoms with Crippen molar-refractivity contribution in [1.82, 2.24) is 14.8 Å². The van der Waals surface area contributed by atoms with Crippen molar-refractivity contribution in [3.63, 3.8) is 0 Å². The van der Waals surface area contributed by atoms with Crippen LogP contribution in [0.25, 0.3) is 0 Å². The van der Waals surface area contributed by atoms with Gasteiger partial charge in [0.15, 0.2) is 0 Å². The van der Waals surface area contributed by atoms with Crippen molar-refractivity contribution in [3.05, 3.63) is 77.3 Å². The van der Waals surface area contributed by atoms with Crippen molar-refractivity contribution in [2.45, 2.75) is 18.2 Å². The van der Waals surface area contributed by atoms with E-state index in [4.69, 9.17) is 21.1 Å². The molecule has 1 aliphatic heterocycles. The Bertz CT molecular complexity index is 836. The maximum absolute atomic E-state index is 6.37. The van der Waals surface area contributed by atoms with Crippen LogP contribution >= 0.6 is 11.6 Å². The molecule has 4 rings (SSSR count). The second-order valence-electron chi connectivity index (χ2n) is 5.73. The Balaban J connectivity index is 1.73. The molecule has 3 aromatic rings. The average molecular weight is 342 g/mol. The first kappa shape index (κ1) is 15.2. The van der Waals surface area contributed by atoms with Gasteiger partial charge in [-0.05, 0) is 23.8 Å². The average Bonchev–Trinajstić information content (AvgIpc) is 3.09. The molecule has 2 atom stereocenters. The zero-order valence-electron chi connectivity index (χ0n) is 13.1. The number of benzene rings is 2. The third-order valence-electron chi connectivity index (χ3n) is 4.32. The lowest BCUT2D eigenvalue weighted by Gasteiger charge is -2.15.